The smallest absolute Gasteiger partial charge is 0.214 e. The Morgan fingerprint density at radius 2 is 1.72 bits per heavy atom. The number of aromatic amines is 1. The zero-order chi connectivity index (χ0) is 19.8. The average molecular weight is 383 g/mol. The topological polar surface area (TPSA) is 22.9 Å². The molecule has 0 atom stereocenters. The fraction of sp³-hybridized carbons (Fsp3) is 0.269. The Hall–Kier alpha value is -3.07. The van der Waals surface area contributed by atoms with Crippen LogP contribution in [0.3, 0.4) is 0 Å². The van der Waals surface area contributed by atoms with Crippen molar-refractivity contribution in [1.29, 1.82) is 0 Å². The van der Waals surface area contributed by atoms with Gasteiger partial charge in [-0.05, 0) is 48.4 Å². The van der Waals surface area contributed by atoms with Crippen molar-refractivity contribution in [3.05, 3.63) is 72.1 Å². The molecule has 3 heteroatoms. The fourth-order valence-electron chi connectivity index (χ4n) is 4.47. The number of aryl methyl sites for hydroxylation is 1. The minimum absolute atomic E-state index is 0.832. The van der Waals surface area contributed by atoms with Crippen LogP contribution in [0.1, 0.15) is 31.2 Å². The van der Waals surface area contributed by atoms with E-state index in [0.717, 1.165) is 24.7 Å². The van der Waals surface area contributed by atoms with E-state index in [1.54, 1.807) is 0 Å². The maximum absolute atomic E-state index is 3.50. The number of benzene rings is 2. The average Bonchev–Trinajstić information content (AvgIpc) is 3.17. The van der Waals surface area contributed by atoms with E-state index in [1.165, 1.54) is 46.0 Å². The number of fused-ring (bicyclic) bond motifs is 2. The molecule has 1 saturated heterocycles. The molecule has 1 aliphatic rings. The Morgan fingerprint density at radius 1 is 0.966 bits per heavy atom. The molecule has 29 heavy (non-hydrogen) atoms. The molecule has 3 nitrogen and oxygen atoms in total. The quantitative estimate of drug-likeness (QED) is 0.461. The first-order valence-electron chi connectivity index (χ1n) is 10.6. The van der Waals surface area contributed by atoms with E-state index in [2.05, 4.69) is 101 Å². The molecule has 1 N–H and O–H groups in total. The van der Waals surface area contributed by atoms with Crippen molar-refractivity contribution in [2.45, 2.75) is 19.8 Å². The third-order valence-corrected chi connectivity index (χ3v) is 6.32. The van der Waals surface area contributed by atoms with Crippen LogP contribution >= 0.6 is 0 Å². The van der Waals surface area contributed by atoms with Crippen LogP contribution in [0.5, 0.6) is 0 Å². The van der Waals surface area contributed by atoms with E-state index >= 15 is 0 Å². The number of H-pyrrole nitrogens is 1. The normalized spacial score (nSPS) is 15.7. The zero-order valence-electron chi connectivity index (χ0n) is 17.2. The predicted octanol–water partition coefficient (Wildman–Crippen LogP) is 5.55. The van der Waals surface area contributed by atoms with Gasteiger partial charge in [-0.25, -0.2) is 0 Å². The van der Waals surface area contributed by atoms with Crippen molar-refractivity contribution < 1.29 is 4.57 Å². The number of aromatic nitrogens is 2. The monoisotopic (exact) mass is 382 g/mol. The molecule has 5 rings (SSSR count). The van der Waals surface area contributed by atoms with Crippen molar-refractivity contribution in [2.24, 2.45) is 13.0 Å². The Labute approximate surface area is 172 Å². The third-order valence-electron chi connectivity index (χ3n) is 6.32. The molecule has 0 aliphatic carbocycles. The summed E-state index contributed by atoms with van der Waals surface area (Å²) >= 11 is 0. The third kappa shape index (κ3) is 3.42. The Kier molecular flexibility index (Phi) is 4.59. The first kappa shape index (κ1) is 18.0. The summed E-state index contributed by atoms with van der Waals surface area (Å²) in [6, 6.07) is 21.8. The predicted molar refractivity (Wildman–Crippen MR) is 123 cm³/mol. The Morgan fingerprint density at radius 3 is 2.55 bits per heavy atom. The molecular weight excluding hydrogens is 354 g/mol. The van der Waals surface area contributed by atoms with Crippen LogP contribution in [0.2, 0.25) is 0 Å². The van der Waals surface area contributed by atoms with E-state index in [0.29, 0.717) is 0 Å². The largest absolute Gasteiger partial charge is 0.371 e. The Balaban J connectivity index is 1.57. The summed E-state index contributed by atoms with van der Waals surface area (Å²) in [5, 5.41) is 2.59. The van der Waals surface area contributed by atoms with Crippen LogP contribution in [0.25, 0.3) is 34.0 Å². The van der Waals surface area contributed by atoms with Crippen LogP contribution in [0, 0.1) is 5.92 Å². The molecule has 1 aliphatic heterocycles. The summed E-state index contributed by atoms with van der Waals surface area (Å²) in [6.45, 7) is 4.66. The van der Waals surface area contributed by atoms with Gasteiger partial charge in [0.25, 0.3) is 0 Å². The van der Waals surface area contributed by atoms with Crippen LogP contribution in [-0.2, 0) is 7.05 Å². The van der Waals surface area contributed by atoms with E-state index in [1.807, 2.05) is 0 Å². The maximum Gasteiger partial charge on any atom is 0.214 e. The van der Waals surface area contributed by atoms with Gasteiger partial charge in [0.1, 0.15) is 7.05 Å². The molecule has 0 spiro atoms. The highest BCUT2D eigenvalue weighted by Crippen LogP contribution is 2.30. The molecule has 0 amide bonds. The van der Waals surface area contributed by atoms with Gasteiger partial charge in [-0.2, -0.15) is 4.57 Å². The lowest BCUT2D eigenvalue weighted by molar-refractivity contribution is -0.646. The van der Waals surface area contributed by atoms with Crippen LogP contribution in [-0.4, -0.2) is 18.1 Å². The number of hydrogen-bond acceptors (Lipinski definition) is 1. The van der Waals surface area contributed by atoms with Crippen molar-refractivity contribution in [2.75, 3.05) is 18.0 Å². The number of hydrogen-bond donors (Lipinski definition) is 1. The first-order valence-corrected chi connectivity index (χ1v) is 10.6. The van der Waals surface area contributed by atoms with E-state index in [9.17, 15) is 0 Å². The number of pyridine rings is 1. The summed E-state index contributed by atoms with van der Waals surface area (Å²) in [5.74, 6) is 0.832. The minimum Gasteiger partial charge on any atom is -0.371 e. The summed E-state index contributed by atoms with van der Waals surface area (Å²) in [6.07, 6.45) is 6.96. The van der Waals surface area contributed by atoms with Crippen LogP contribution in [0.15, 0.2) is 60.7 Å². The second-order valence-electron chi connectivity index (χ2n) is 8.35. The van der Waals surface area contributed by atoms with Gasteiger partial charge >= 0.3 is 0 Å². The van der Waals surface area contributed by atoms with Gasteiger partial charge in [0.2, 0.25) is 11.2 Å². The van der Waals surface area contributed by atoms with Crippen molar-refractivity contribution in [3.63, 3.8) is 0 Å². The van der Waals surface area contributed by atoms with E-state index in [-0.39, 0.29) is 0 Å². The van der Waals surface area contributed by atoms with Gasteiger partial charge in [0, 0.05) is 42.5 Å². The van der Waals surface area contributed by atoms with Gasteiger partial charge in [-0.1, -0.05) is 37.3 Å². The molecular formula is C26H28N3+. The highest BCUT2D eigenvalue weighted by molar-refractivity contribution is 5.91. The molecule has 2 aromatic carbocycles. The standard InChI is InChI=1S/C26H27N3/c1-19-13-15-29(16-14-19)26-18-22(28(2)25-10-6-4-8-23(25)26)12-11-21-17-20-7-3-5-9-24(20)27-21/h3-12,17-19H,13-16H2,1-2H3/p+1. The number of rotatable bonds is 3. The number of anilines is 1. The second kappa shape index (κ2) is 7.40. The molecule has 2 aromatic heterocycles. The summed E-state index contributed by atoms with van der Waals surface area (Å²) in [7, 11) is 2.16. The number of nitrogens with one attached hydrogen (secondary N) is 1. The maximum atomic E-state index is 3.50. The number of para-hydroxylation sites is 2. The molecule has 0 bridgehead atoms. The fourth-order valence-corrected chi connectivity index (χ4v) is 4.47. The Bertz CT molecular complexity index is 1160. The summed E-state index contributed by atoms with van der Waals surface area (Å²) in [4.78, 5) is 6.07. The molecule has 4 aromatic rings. The lowest BCUT2D eigenvalue weighted by atomic mass is 9.98. The highest BCUT2D eigenvalue weighted by atomic mass is 15.1. The molecule has 0 radical (unpaired) electrons. The summed E-state index contributed by atoms with van der Waals surface area (Å²) in [5.41, 5.74) is 6.17. The van der Waals surface area contributed by atoms with Crippen molar-refractivity contribution in [3.8, 4) is 0 Å². The van der Waals surface area contributed by atoms with Crippen LogP contribution < -0.4 is 9.47 Å². The van der Waals surface area contributed by atoms with Gasteiger partial charge < -0.3 is 9.88 Å². The second-order valence-corrected chi connectivity index (χ2v) is 8.35. The van der Waals surface area contributed by atoms with Gasteiger partial charge in [-0.15, -0.1) is 0 Å². The van der Waals surface area contributed by atoms with Gasteiger partial charge in [0.05, 0.1) is 11.1 Å². The van der Waals surface area contributed by atoms with Crippen LogP contribution in [0.4, 0.5) is 5.69 Å². The van der Waals surface area contributed by atoms with E-state index < -0.39 is 0 Å². The number of nitrogens with zero attached hydrogens (tertiary/aromatic N) is 2. The lowest BCUT2D eigenvalue weighted by Crippen LogP contribution is -2.37. The first-order chi connectivity index (χ1) is 14.2. The zero-order valence-corrected chi connectivity index (χ0v) is 17.2. The highest BCUT2D eigenvalue weighted by Gasteiger charge is 2.22. The minimum atomic E-state index is 0.832. The van der Waals surface area contributed by atoms with Crippen molar-refractivity contribution >= 4 is 39.6 Å². The van der Waals surface area contributed by atoms with Crippen molar-refractivity contribution in [1.82, 2.24) is 4.98 Å². The molecule has 0 unspecified atom stereocenters. The van der Waals surface area contributed by atoms with Gasteiger partial charge in [0.15, 0.2) is 0 Å². The molecule has 1 fully saturated rings. The summed E-state index contributed by atoms with van der Waals surface area (Å²) < 4.78 is 2.30. The molecule has 0 saturated carbocycles. The molecule has 3 heterocycles. The lowest BCUT2D eigenvalue weighted by Gasteiger charge is -2.32. The van der Waals surface area contributed by atoms with E-state index in [4.69, 9.17) is 0 Å². The molecule has 146 valence electrons. The SMILES string of the molecule is CC1CCN(c2cc(/C=C/c3cc4ccccc4[nH]3)[n+](C)c3ccccc23)CC1. The van der Waals surface area contributed by atoms with Gasteiger partial charge in [-0.3, -0.25) is 0 Å². The number of piperidine rings is 1.